The standard InChI is InChI=1S/C15H14N4O2S2/c1-2-19-8-14(21-18-19)17-13(20)10-23-15-16-12(9-22-15)11-6-4-3-5-7-11/h3-9H,2,10H2,1H3. The lowest BCUT2D eigenvalue weighted by Crippen LogP contribution is -2.32. The maximum Gasteiger partial charge on any atom is 0.320 e. The van der Waals surface area contributed by atoms with Crippen LogP contribution in [-0.2, 0) is 6.54 Å². The average Bonchev–Trinajstić information content (AvgIpc) is 3.23. The Morgan fingerprint density at radius 1 is 1.39 bits per heavy atom. The summed E-state index contributed by atoms with van der Waals surface area (Å²) >= 11 is 2.89. The van der Waals surface area contributed by atoms with Gasteiger partial charge in [0.1, 0.15) is 0 Å². The minimum absolute atomic E-state index is 0.217. The van der Waals surface area contributed by atoms with Crippen LogP contribution >= 0.6 is 23.1 Å². The third-order valence-corrected chi connectivity index (χ3v) is 4.94. The third-order valence-electron chi connectivity index (χ3n) is 2.93. The molecule has 23 heavy (non-hydrogen) atoms. The number of aryl methyl sites for hydroxylation is 1. The molecule has 2 heterocycles. The van der Waals surface area contributed by atoms with Crippen LogP contribution in [0.3, 0.4) is 0 Å². The van der Waals surface area contributed by atoms with Gasteiger partial charge in [-0.3, -0.25) is 4.52 Å². The summed E-state index contributed by atoms with van der Waals surface area (Å²) in [6.07, 6.45) is 1.60. The van der Waals surface area contributed by atoms with Gasteiger partial charge in [0.2, 0.25) is 5.27 Å². The van der Waals surface area contributed by atoms with Gasteiger partial charge in [0.05, 0.1) is 5.69 Å². The highest BCUT2D eigenvalue weighted by molar-refractivity contribution is 8.01. The van der Waals surface area contributed by atoms with Crippen LogP contribution in [0, 0.1) is 0 Å². The van der Waals surface area contributed by atoms with Gasteiger partial charge in [-0.05, 0) is 12.8 Å². The molecule has 118 valence electrons. The summed E-state index contributed by atoms with van der Waals surface area (Å²) in [5, 5.41) is 17.6. The van der Waals surface area contributed by atoms with E-state index in [1.54, 1.807) is 10.9 Å². The largest absolute Gasteiger partial charge is 0.861 e. The van der Waals surface area contributed by atoms with E-state index in [0.717, 1.165) is 15.6 Å². The predicted octanol–water partition coefficient (Wildman–Crippen LogP) is 2.29. The van der Waals surface area contributed by atoms with E-state index < -0.39 is 0 Å². The fourth-order valence-corrected chi connectivity index (χ4v) is 3.43. The molecule has 8 heteroatoms. The molecule has 0 fully saturated rings. The van der Waals surface area contributed by atoms with Gasteiger partial charge in [0, 0.05) is 16.7 Å². The molecule has 6 nitrogen and oxygen atoms in total. The Morgan fingerprint density at radius 2 is 2.22 bits per heavy atom. The molecule has 0 saturated heterocycles. The fraction of sp³-hybridized carbons (Fsp3) is 0.200. The lowest BCUT2D eigenvalue weighted by molar-refractivity contribution is -0.759. The Kier molecular flexibility index (Phi) is 5.04. The number of benzene rings is 1. The molecular formula is C15H14N4O2S2. The lowest BCUT2D eigenvalue weighted by atomic mass is 10.2. The molecular weight excluding hydrogens is 332 g/mol. The van der Waals surface area contributed by atoms with Gasteiger partial charge < -0.3 is 5.11 Å². The van der Waals surface area contributed by atoms with Crippen molar-refractivity contribution in [1.29, 1.82) is 0 Å². The second-order valence-corrected chi connectivity index (χ2v) is 6.64. The molecule has 0 atom stereocenters. The maximum atomic E-state index is 11.9. The molecule has 0 aliphatic heterocycles. The first-order chi connectivity index (χ1) is 11.2. The van der Waals surface area contributed by atoms with Gasteiger partial charge in [-0.2, -0.15) is 0 Å². The SMILES string of the molecule is CC[n+]1cc(/N=C(/[O-])CSc2nc(-c3ccccc3)cs2)on1. The highest BCUT2D eigenvalue weighted by Crippen LogP contribution is 2.28. The summed E-state index contributed by atoms with van der Waals surface area (Å²) in [4.78, 5) is 8.40. The molecule has 0 radical (unpaired) electrons. The summed E-state index contributed by atoms with van der Waals surface area (Å²) in [5.41, 5.74) is 1.99. The quantitative estimate of drug-likeness (QED) is 0.296. The zero-order valence-electron chi connectivity index (χ0n) is 12.4. The molecule has 0 aliphatic carbocycles. The molecule has 1 aromatic carbocycles. The van der Waals surface area contributed by atoms with Crippen molar-refractivity contribution in [2.24, 2.45) is 4.99 Å². The van der Waals surface area contributed by atoms with Crippen LogP contribution in [0.15, 0.2) is 55.8 Å². The number of thioether (sulfide) groups is 1. The summed E-state index contributed by atoms with van der Waals surface area (Å²) < 4.78 is 7.36. The lowest BCUT2D eigenvalue weighted by Gasteiger charge is -2.06. The zero-order valence-corrected chi connectivity index (χ0v) is 14.0. The van der Waals surface area contributed by atoms with Gasteiger partial charge in [-0.15, -0.1) is 11.3 Å². The molecule has 0 unspecified atom stereocenters. The monoisotopic (exact) mass is 346 g/mol. The zero-order chi connectivity index (χ0) is 16.1. The van der Waals surface area contributed by atoms with E-state index in [0.29, 0.717) is 6.54 Å². The third kappa shape index (κ3) is 4.17. The molecule has 0 amide bonds. The average molecular weight is 346 g/mol. The molecule has 0 spiro atoms. The highest BCUT2D eigenvalue weighted by atomic mass is 32.2. The molecule has 2 aromatic heterocycles. The van der Waals surface area contributed by atoms with Crippen molar-refractivity contribution in [3.8, 4) is 11.3 Å². The number of hydrogen-bond acceptors (Lipinski definition) is 7. The Morgan fingerprint density at radius 3 is 2.96 bits per heavy atom. The van der Waals surface area contributed by atoms with Crippen LogP contribution < -0.4 is 9.79 Å². The first kappa shape index (κ1) is 15.7. The number of nitrogens with zero attached hydrogens (tertiary/aromatic N) is 4. The molecule has 0 aliphatic rings. The normalized spacial score (nSPS) is 11.8. The highest BCUT2D eigenvalue weighted by Gasteiger charge is 2.08. The number of hydrogen-bond donors (Lipinski definition) is 0. The van der Waals surface area contributed by atoms with Crippen molar-refractivity contribution in [3.05, 3.63) is 41.9 Å². The Balaban J connectivity index is 1.61. The summed E-state index contributed by atoms with van der Waals surface area (Å²) in [6.45, 7) is 2.60. The minimum atomic E-state index is -0.272. The van der Waals surface area contributed by atoms with E-state index in [1.807, 2.05) is 42.6 Å². The smallest absolute Gasteiger partial charge is 0.320 e. The van der Waals surface area contributed by atoms with Gasteiger partial charge in [-0.1, -0.05) is 46.8 Å². The van der Waals surface area contributed by atoms with Crippen molar-refractivity contribution in [2.75, 3.05) is 5.75 Å². The van der Waals surface area contributed by atoms with Gasteiger partial charge in [-0.25, -0.2) is 9.98 Å². The van der Waals surface area contributed by atoms with Crippen LogP contribution in [0.2, 0.25) is 0 Å². The fourth-order valence-electron chi connectivity index (χ4n) is 1.81. The number of aromatic nitrogens is 3. The van der Waals surface area contributed by atoms with Crippen molar-refractivity contribution < 1.29 is 14.3 Å². The topological polar surface area (TPSA) is 78.2 Å². The van der Waals surface area contributed by atoms with Crippen molar-refractivity contribution in [2.45, 2.75) is 17.8 Å². The van der Waals surface area contributed by atoms with Crippen LogP contribution in [0.4, 0.5) is 5.88 Å². The first-order valence-corrected chi connectivity index (χ1v) is 8.86. The van der Waals surface area contributed by atoms with E-state index in [2.05, 4.69) is 15.2 Å². The Bertz CT molecular complexity index is 799. The van der Waals surface area contributed by atoms with Crippen LogP contribution in [0.5, 0.6) is 0 Å². The van der Waals surface area contributed by atoms with Crippen LogP contribution in [-0.4, -0.2) is 21.9 Å². The van der Waals surface area contributed by atoms with E-state index in [-0.39, 0.29) is 17.5 Å². The number of thiazole rings is 1. The van der Waals surface area contributed by atoms with Crippen molar-refractivity contribution in [3.63, 3.8) is 0 Å². The van der Waals surface area contributed by atoms with Crippen LogP contribution in [0.1, 0.15) is 6.92 Å². The predicted molar refractivity (Wildman–Crippen MR) is 87.7 cm³/mol. The second-order valence-electron chi connectivity index (χ2n) is 4.55. The van der Waals surface area contributed by atoms with Crippen molar-refractivity contribution >= 4 is 34.9 Å². The Hall–Kier alpha value is -2.19. The van der Waals surface area contributed by atoms with Gasteiger partial charge in [0.15, 0.2) is 10.9 Å². The molecule has 3 aromatic rings. The molecule has 0 bridgehead atoms. The van der Waals surface area contributed by atoms with E-state index in [9.17, 15) is 5.11 Å². The first-order valence-electron chi connectivity index (χ1n) is 6.99. The molecule has 0 N–H and O–H groups in total. The van der Waals surface area contributed by atoms with Gasteiger partial charge in [0.25, 0.3) is 6.20 Å². The summed E-state index contributed by atoms with van der Waals surface area (Å²) in [6, 6.07) is 9.94. The molecule has 0 saturated carbocycles. The number of aliphatic imine (C=N–C) groups is 1. The summed E-state index contributed by atoms with van der Waals surface area (Å²) in [5.74, 6) is 0.168. The van der Waals surface area contributed by atoms with Crippen LogP contribution in [0.25, 0.3) is 11.3 Å². The van der Waals surface area contributed by atoms with Gasteiger partial charge >= 0.3 is 5.88 Å². The summed E-state index contributed by atoms with van der Waals surface area (Å²) in [7, 11) is 0. The molecule has 3 rings (SSSR count). The second kappa shape index (κ2) is 7.38. The van der Waals surface area contributed by atoms with E-state index in [1.165, 1.54) is 23.1 Å². The minimum Gasteiger partial charge on any atom is -0.861 e. The number of rotatable bonds is 6. The Labute approximate surface area is 141 Å². The van der Waals surface area contributed by atoms with E-state index in [4.69, 9.17) is 4.52 Å². The maximum absolute atomic E-state index is 11.9. The van der Waals surface area contributed by atoms with E-state index >= 15 is 0 Å². The van der Waals surface area contributed by atoms with Crippen molar-refractivity contribution in [1.82, 2.24) is 10.3 Å².